The van der Waals surface area contributed by atoms with Crippen molar-refractivity contribution in [3.05, 3.63) is 32.3 Å². The molecule has 0 saturated heterocycles. The van der Waals surface area contributed by atoms with E-state index in [-0.39, 0.29) is 0 Å². The molecular weight excluding hydrogens is 250 g/mol. The van der Waals surface area contributed by atoms with E-state index in [2.05, 4.69) is 33.8 Å². The average Bonchev–Trinajstić information content (AvgIpc) is 2.13. The summed E-state index contributed by atoms with van der Waals surface area (Å²) in [5, 5.41) is 1.65. The average molecular weight is 266 g/mol. The predicted molar refractivity (Wildman–Crippen MR) is 69.7 cm³/mol. The number of halogens is 3. The van der Waals surface area contributed by atoms with Crippen molar-refractivity contribution in [2.45, 2.75) is 39.5 Å². The molecule has 0 aliphatic heterocycles. The van der Waals surface area contributed by atoms with Crippen LogP contribution in [0.2, 0.25) is 15.1 Å². The number of benzene rings is 1. The topological polar surface area (TPSA) is 0 Å². The van der Waals surface area contributed by atoms with E-state index in [4.69, 9.17) is 34.8 Å². The summed E-state index contributed by atoms with van der Waals surface area (Å²) < 4.78 is 0. The highest BCUT2D eigenvalue weighted by atomic mass is 35.5. The molecule has 0 amide bonds. The Kier molecular flexibility index (Phi) is 4.34. The van der Waals surface area contributed by atoms with Gasteiger partial charge in [0.15, 0.2) is 0 Å². The van der Waals surface area contributed by atoms with Crippen molar-refractivity contribution in [1.82, 2.24) is 0 Å². The Morgan fingerprint density at radius 2 is 1.07 bits per heavy atom. The third kappa shape index (κ3) is 2.61. The normalized spacial score (nSPS) is 11.5. The Bertz CT molecular complexity index is 335. The van der Waals surface area contributed by atoms with Gasteiger partial charge in [-0.3, -0.25) is 0 Å². The third-order valence-electron chi connectivity index (χ3n) is 2.45. The Balaban J connectivity index is 3.45. The van der Waals surface area contributed by atoms with Crippen LogP contribution in [0.5, 0.6) is 0 Å². The summed E-state index contributed by atoms with van der Waals surface area (Å²) in [6.45, 7) is 8.37. The lowest BCUT2D eigenvalue weighted by molar-refractivity contribution is 0.834. The molecule has 84 valence electrons. The van der Waals surface area contributed by atoms with Crippen LogP contribution in [-0.4, -0.2) is 0 Å². The Morgan fingerprint density at radius 3 is 1.33 bits per heavy atom. The second kappa shape index (κ2) is 4.95. The molecule has 0 unspecified atom stereocenters. The third-order valence-corrected chi connectivity index (χ3v) is 3.83. The zero-order chi connectivity index (χ0) is 11.7. The number of rotatable bonds is 2. The molecule has 0 N–H and O–H groups in total. The van der Waals surface area contributed by atoms with Crippen LogP contribution in [0.4, 0.5) is 0 Å². The van der Waals surface area contributed by atoms with Crippen LogP contribution in [0.25, 0.3) is 0 Å². The van der Waals surface area contributed by atoms with Gasteiger partial charge < -0.3 is 0 Å². The summed E-state index contributed by atoms with van der Waals surface area (Å²) in [6, 6.07) is 2.06. The van der Waals surface area contributed by atoms with Gasteiger partial charge in [0, 0.05) is 0 Å². The van der Waals surface area contributed by atoms with Gasteiger partial charge in [-0.2, -0.15) is 0 Å². The fourth-order valence-electron chi connectivity index (χ4n) is 1.48. The highest BCUT2D eigenvalue weighted by molar-refractivity contribution is 6.48. The Morgan fingerprint density at radius 1 is 0.733 bits per heavy atom. The number of hydrogen-bond donors (Lipinski definition) is 0. The molecule has 0 aliphatic carbocycles. The summed E-state index contributed by atoms with van der Waals surface area (Å²) in [6.07, 6.45) is 0. The van der Waals surface area contributed by atoms with Gasteiger partial charge in [0.1, 0.15) is 0 Å². The molecule has 15 heavy (non-hydrogen) atoms. The fraction of sp³-hybridized carbons (Fsp3) is 0.500. The lowest BCUT2D eigenvalue weighted by Gasteiger charge is -2.16. The molecule has 0 nitrogen and oxygen atoms in total. The van der Waals surface area contributed by atoms with Crippen molar-refractivity contribution in [3.8, 4) is 0 Å². The van der Waals surface area contributed by atoms with Crippen molar-refractivity contribution in [2.75, 3.05) is 0 Å². The van der Waals surface area contributed by atoms with E-state index in [1.165, 1.54) is 0 Å². The first kappa shape index (κ1) is 13.2. The van der Waals surface area contributed by atoms with E-state index in [0.717, 1.165) is 11.1 Å². The molecule has 0 fully saturated rings. The maximum atomic E-state index is 6.15. The van der Waals surface area contributed by atoms with Crippen molar-refractivity contribution >= 4 is 34.8 Å². The molecule has 3 heteroatoms. The second-order valence-corrected chi connectivity index (χ2v) is 5.44. The fourth-order valence-corrected chi connectivity index (χ4v) is 2.49. The van der Waals surface area contributed by atoms with Gasteiger partial charge in [0.05, 0.1) is 15.1 Å². The number of hydrogen-bond acceptors (Lipinski definition) is 0. The lowest BCUT2D eigenvalue weighted by Crippen LogP contribution is -1.97. The highest BCUT2D eigenvalue weighted by Crippen LogP contribution is 2.40. The maximum absolute atomic E-state index is 6.15. The van der Waals surface area contributed by atoms with Crippen molar-refractivity contribution in [2.24, 2.45) is 0 Å². The van der Waals surface area contributed by atoms with E-state index < -0.39 is 0 Å². The summed E-state index contributed by atoms with van der Waals surface area (Å²) in [5.41, 5.74) is 2.13. The van der Waals surface area contributed by atoms with Gasteiger partial charge in [-0.05, 0) is 23.0 Å². The maximum Gasteiger partial charge on any atom is 0.0784 e. The van der Waals surface area contributed by atoms with Gasteiger partial charge in [-0.25, -0.2) is 0 Å². The summed E-state index contributed by atoms with van der Waals surface area (Å²) in [7, 11) is 0. The smallest absolute Gasteiger partial charge is 0.0784 e. The summed E-state index contributed by atoms with van der Waals surface area (Å²) in [5.74, 6) is 0.703. The Hall–Kier alpha value is 0.0900. The zero-order valence-electron chi connectivity index (χ0n) is 9.37. The first-order valence-corrected chi connectivity index (χ1v) is 6.16. The van der Waals surface area contributed by atoms with Crippen molar-refractivity contribution < 1.29 is 0 Å². The molecular formula is C12H15Cl3. The van der Waals surface area contributed by atoms with E-state index in [1.54, 1.807) is 0 Å². The van der Waals surface area contributed by atoms with Gasteiger partial charge in [0.25, 0.3) is 0 Å². The molecule has 0 heterocycles. The molecule has 0 atom stereocenters. The van der Waals surface area contributed by atoms with Crippen LogP contribution in [0.3, 0.4) is 0 Å². The minimum Gasteiger partial charge on any atom is -0.0823 e. The van der Waals surface area contributed by atoms with Crippen LogP contribution in [0, 0.1) is 0 Å². The summed E-state index contributed by atoms with van der Waals surface area (Å²) >= 11 is 18.4. The first-order chi connectivity index (χ1) is 6.86. The SMILES string of the molecule is CC(C)c1cc(C(C)C)c(Cl)c(Cl)c1Cl. The highest BCUT2D eigenvalue weighted by Gasteiger charge is 2.17. The molecule has 0 radical (unpaired) electrons. The second-order valence-electron chi connectivity index (χ2n) is 4.31. The molecule has 0 bridgehead atoms. The Labute approximate surface area is 107 Å². The van der Waals surface area contributed by atoms with E-state index in [0.29, 0.717) is 26.9 Å². The minimum atomic E-state index is 0.352. The van der Waals surface area contributed by atoms with E-state index >= 15 is 0 Å². The minimum absolute atomic E-state index is 0.352. The van der Waals surface area contributed by atoms with Crippen LogP contribution < -0.4 is 0 Å². The van der Waals surface area contributed by atoms with Crippen LogP contribution in [-0.2, 0) is 0 Å². The lowest BCUT2D eigenvalue weighted by atomic mass is 9.95. The van der Waals surface area contributed by atoms with Gasteiger partial charge >= 0.3 is 0 Å². The standard InChI is InChI=1S/C12H15Cl3/c1-6(2)8-5-9(7(3)4)11(14)12(15)10(8)13/h5-7H,1-4H3. The summed E-state index contributed by atoms with van der Waals surface area (Å²) in [4.78, 5) is 0. The molecule has 0 saturated carbocycles. The zero-order valence-corrected chi connectivity index (χ0v) is 11.6. The molecule has 0 aromatic heterocycles. The van der Waals surface area contributed by atoms with Crippen molar-refractivity contribution in [1.29, 1.82) is 0 Å². The van der Waals surface area contributed by atoms with E-state index in [9.17, 15) is 0 Å². The molecule has 1 aromatic carbocycles. The molecule has 1 aromatic rings. The monoisotopic (exact) mass is 264 g/mol. The van der Waals surface area contributed by atoms with Gasteiger partial charge in [-0.1, -0.05) is 68.6 Å². The van der Waals surface area contributed by atoms with Gasteiger partial charge in [-0.15, -0.1) is 0 Å². The van der Waals surface area contributed by atoms with E-state index in [1.807, 2.05) is 0 Å². The van der Waals surface area contributed by atoms with Gasteiger partial charge in [0.2, 0.25) is 0 Å². The predicted octanol–water partition coefficient (Wildman–Crippen LogP) is 5.89. The largest absolute Gasteiger partial charge is 0.0823 e. The quantitative estimate of drug-likeness (QED) is 0.585. The molecule has 0 spiro atoms. The molecule has 0 aliphatic rings. The van der Waals surface area contributed by atoms with Crippen LogP contribution in [0.15, 0.2) is 6.07 Å². The molecule has 1 rings (SSSR count). The van der Waals surface area contributed by atoms with Crippen LogP contribution in [0.1, 0.15) is 50.7 Å². The first-order valence-electron chi connectivity index (χ1n) is 5.03. The van der Waals surface area contributed by atoms with Crippen LogP contribution >= 0.6 is 34.8 Å². The van der Waals surface area contributed by atoms with Crippen molar-refractivity contribution in [3.63, 3.8) is 0 Å².